The van der Waals surface area contributed by atoms with Gasteiger partial charge in [-0.3, -0.25) is 9.52 Å². The highest BCUT2D eigenvalue weighted by Crippen LogP contribution is 2.29. The standard InChI is InChI=1S/C20H24N2O5S/c1-15-20(23)22(11-6-12-26-2)14-16-13-17(9-10-19(16)27-15)21-28(24,25)18-7-4-3-5-8-18/h3-5,7-10,13,15,21H,6,11-12,14H2,1-2H3. The van der Waals surface area contributed by atoms with Crippen LogP contribution in [0.4, 0.5) is 5.69 Å². The summed E-state index contributed by atoms with van der Waals surface area (Å²) in [5.41, 5.74) is 1.17. The van der Waals surface area contributed by atoms with Crippen LogP contribution in [-0.2, 0) is 26.1 Å². The number of carbonyl (C=O) groups is 1. The van der Waals surface area contributed by atoms with E-state index in [4.69, 9.17) is 9.47 Å². The van der Waals surface area contributed by atoms with E-state index in [1.54, 1.807) is 55.3 Å². The van der Waals surface area contributed by atoms with E-state index < -0.39 is 16.1 Å². The molecule has 1 N–H and O–H groups in total. The molecule has 1 atom stereocenters. The van der Waals surface area contributed by atoms with Crippen LogP contribution in [0.25, 0.3) is 0 Å². The van der Waals surface area contributed by atoms with Crippen molar-refractivity contribution in [2.75, 3.05) is 25.0 Å². The minimum atomic E-state index is -3.69. The van der Waals surface area contributed by atoms with Crippen molar-refractivity contribution in [1.82, 2.24) is 4.90 Å². The largest absolute Gasteiger partial charge is 0.481 e. The Hall–Kier alpha value is -2.58. The van der Waals surface area contributed by atoms with Gasteiger partial charge in [-0.25, -0.2) is 8.42 Å². The molecular weight excluding hydrogens is 380 g/mol. The summed E-state index contributed by atoms with van der Waals surface area (Å²) in [6, 6.07) is 13.2. The Kier molecular flexibility index (Phi) is 6.21. The van der Waals surface area contributed by atoms with E-state index in [-0.39, 0.29) is 10.8 Å². The molecule has 0 radical (unpaired) electrons. The van der Waals surface area contributed by atoms with Crippen LogP contribution in [0.1, 0.15) is 18.9 Å². The average Bonchev–Trinajstić information content (AvgIpc) is 2.79. The van der Waals surface area contributed by atoms with E-state index in [0.29, 0.717) is 37.6 Å². The number of rotatable bonds is 7. The first-order valence-corrected chi connectivity index (χ1v) is 10.5. The lowest BCUT2D eigenvalue weighted by Crippen LogP contribution is -2.38. The molecule has 3 rings (SSSR count). The fraction of sp³-hybridized carbons (Fsp3) is 0.350. The third kappa shape index (κ3) is 4.63. The first-order chi connectivity index (χ1) is 13.4. The molecule has 1 aliphatic rings. The quantitative estimate of drug-likeness (QED) is 0.717. The molecule has 0 saturated carbocycles. The molecule has 0 saturated heterocycles. The fourth-order valence-corrected chi connectivity index (χ4v) is 4.14. The molecule has 28 heavy (non-hydrogen) atoms. The normalized spacial score (nSPS) is 16.9. The molecule has 2 aromatic carbocycles. The van der Waals surface area contributed by atoms with Crippen LogP contribution in [-0.4, -0.2) is 45.6 Å². The summed E-state index contributed by atoms with van der Waals surface area (Å²) in [6.07, 6.45) is 0.112. The predicted octanol–water partition coefficient (Wildman–Crippen LogP) is 2.63. The van der Waals surface area contributed by atoms with Crippen LogP contribution in [0.5, 0.6) is 5.75 Å². The number of nitrogens with one attached hydrogen (secondary N) is 1. The molecule has 1 unspecified atom stereocenters. The molecule has 0 bridgehead atoms. The zero-order valence-electron chi connectivity index (χ0n) is 15.9. The highest BCUT2D eigenvalue weighted by atomic mass is 32.2. The highest BCUT2D eigenvalue weighted by molar-refractivity contribution is 7.92. The summed E-state index contributed by atoms with van der Waals surface area (Å²) >= 11 is 0. The van der Waals surface area contributed by atoms with E-state index in [0.717, 1.165) is 5.56 Å². The number of amides is 1. The van der Waals surface area contributed by atoms with Gasteiger partial charge in [0.15, 0.2) is 6.10 Å². The number of nitrogens with zero attached hydrogens (tertiary/aromatic N) is 1. The van der Waals surface area contributed by atoms with Crippen LogP contribution in [0.2, 0.25) is 0 Å². The van der Waals surface area contributed by atoms with Gasteiger partial charge < -0.3 is 14.4 Å². The first kappa shape index (κ1) is 20.2. The monoisotopic (exact) mass is 404 g/mol. The maximum atomic E-state index is 12.6. The molecule has 8 heteroatoms. The van der Waals surface area contributed by atoms with Gasteiger partial charge in [0.05, 0.1) is 4.90 Å². The predicted molar refractivity (Wildman–Crippen MR) is 106 cm³/mol. The van der Waals surface area contributed by atoms with E-state index >= 15 is 0 Å². The number of hydrogen-bond donors (Lipinski definition) is 1. The summed E-state index contributed by atoms with van der Waals surface area (Å²) < 4.78 is 38.5. The highest BCUT2D eigenvalue weighted by Gasteiger charge is 2.28. The van der Waals surface area contributed by atoms with Gasteiger partial charge in [0, 0.05) is 38.1 Å². The van der Waals surface area contributed by atoms with E-state index in [1.807, 2.05) is 0 Å². The van der Waals surface area contributed by atoms with Crippen molar-refractivity contribution in [2.24, 2.45) is 0 Å². The van der Waals surface area contributed by atoms with E-state index in [1.165, 1.54) is 12.1 Å². The van der Waals surface area contributed by atoms with E-state index in [9.17, 15) is 13.2 Å². The molecule has 0 aliphatic carbocycles. The van der Waals surface area contributed by atoms with Gasteiger partial charge in [0.2, 0.25) is 0 Å². The summed E-state index contributed by atoms with van der Waals surface area (Å²) in [5, 5.41) is 0. The van der Waals surface area contributed by atoms with Crippen molar-refractivity contribution < 1.29 is 22.7 Å². The first-order valence-electron chi connectivity index (χ1n) is 9.06. The lowest BCUT2D eigenvalue weighted by Gasteiger charge is -2.22. The van der Waals surface area contributed by atoms with Crippen LogP contribution in [0, 0.1) is 0 Å². The van der Waals surface area contributed by atoms with Crippen molar-refractivity contribution >= 4 is 21.6 Å². The maximum absolute atomic E-state index is 12.6. The zero-order valence-corrected chi connectivity index (χ0v) is 16.7. The Balaban J connectivity index is 1.83. The number of methoxy groups -OCH3 is 1. The van der Waals surface area contributed by atoms with Gasteiger partial charge in [-0.2, -0.15) is 0 Å². The Morgan fingerprint density at radius 1 is 1.21 bits per heavy atom. The van der Waals surface area contributed by atoms with Gasteiger partial charge in [0.25, 0.3) is 15.9 Å². The third-order valence-corrected chi connectivity index (χ3v) is 5.86. The Bertz CT molecular complexity index is 931. The second-order valence-corrected chi connectivity index (χ2v) is 8.29. The van der Waals surface area contributed by atoms with Crippen LogP contribution in [0.3, 0.4) is 0 Å². The lowest BCUT2D eigenvalue weighted by atomic mass is 10.1. The van der Waals surface area contributed by atoms with Gasteiger partial charge >= 0.3 is 0 Å². The van der Waals surface area contributed by atoms with Crippen molar-refractivity contribution in [2.45, 2.75) is 30.9 Å². The van der Waals surface area contributed by atoms with Gasteiger partial charge in [-0.1, -0.05) is 18.2 Å². The number of anilines is 1. The molecule has 0 fully saturated rings. The molecule has 0 aromatic heterocycles. The van der Waals surface area contributed by atoms with Crippen molar-refractivity contribution in [3.8, 4) is 5.75 Å². The summed E-state index contributed by atoms with van der Waals surface area (Å²) in [4.78, 5) is 14.5. The van der Waals surface area contributed by atoms with Crippen LogP contribution in [0.15, 0.2) is 53.4 Å². The number of sulfonamides is 1. The summed E-state index contributed by atoms with van der Waals surface area (Å²) in [7, 11) is -2.07. The number of ether oxygens (including phenoxy) is 2. The fourth-order valence-electron chi connectivity index (χ4n) is 3.07. The maximum Gasteiger partial charge on any atom is 0.263 e. The Morgan fingerprint density at radius 2 is 1.96 bits per heavy atom. The van der Waals surface area contributed by atoms with Crippen molar-refractivity contribution in [1.29, 1.82) is 0 Å². The van der Waals surface area contributed by atoms with Gasteiger partial charge in [-0.15, -0.1) is 0 Å². The number of hydrogen-bond acceptors (Lipinski definition) is 5. The topological polar surface area (TPSA) is 84.9 Å². The average molecular weight is 404 g/mol. The molecule has 1 aliphatic heterocycles. The van der Waals surface area contributed by atoms with Crippen LogP contribution >= 0.6 is 0 Å². The smallest absolute Gasteiger partial charge is 0.263 e. The molecular formula is C20H24N2O5S. The minimum Gasteiger partial charge on any atom is -0.481 e. The molecule has 1 heterocycles. The number of carbonyl (C=O) groups excluding carboxylic acids is 1. The van der Waals surface area contributed by atoms with Crippen molar-refractivity contribution in [3.63, 3.8) is 0 Å². The molecule has 7 nitrogen and oxygen atoms in total. The summed E-state index contributed by atoms with van der Waals surface area (Å²) in [5.74, 6) is 0.483. The second-order valence-electron chi connectivity index (χ2n) is 6.61. The summed E-state index contributed by atoms with van der Waals surface area (Å²) in [6.45, 7) is 3.17. The zero-order chi connectivity index (χ0) is 20.1. The number of benzene rings is 2. The van der Waals surface area contributed by atoms with Gasteiger partial charge in [-0.05, 0) is 43.7 Å². The third-order valence-electron chi connectivity index (χ3n) is 4.47. The Labute approximate surface area is 165 Å². The molecule has 2 aromatic rings. The lowest BCUT2D eigenvalue weighted by molar-refractivity contribution is -0.137. The molecule has 150 valence electrons. The van der Waals surface area contributed by atoms with E-state index in [2.05, 4.69) is 4.72 Å². The van der Waals surface area contributed by atoms with Gasteiger partial charge in [0.1, 0.15) is 5.75 Å². The second kappa shape index (κ2) is 8.62. The SMILES string of the molecule is COCCCN1Cc2cc(NS(=O)(=O)c3ccccc3)ccc2OC(C)C1=O. The van der Waals surface area contributed by atoms with Crippen LogP contribution < -0.4 is 9.46 Å². The Morgan fingerprint density at radius 3 is 2.68 bits per heavy atom. The number of fused-ring (bicyclic) bond motifs is 1. The molecule has 1 amide bonds. The minimum absolute atomic E-state index is 0.0984. The van der Waals surface area contributed by atoms with Crippen molar-refractivity contribution in [3.05, 3.63) is 54.1 Å². The molecule has 0 spiro atoms.